The number of carbonyl (C=O) groups is 1. The van der Waals surface area contributed by atoms with Crippen molar-refractivity contribution in [1.82, 2.24) is 15.1 Å². The summed E-state index contributed by atoms with van der Waals surface area (Å²) in [5.41, 5.74) is 5.40. The zero-order valence-electron chi connectivity index (χ0n) is 13.4. The lowest BCUT2D eigenvalue weighted by atomic mass is 9.91. The summed E-state index contributed by atoms with van der Waals surface area (Å²) in [6, 6.07) is 0. The SMILES string of the molecule is CNC(CN1CCN(C(C)(C)C)CC1)(C(N)=O)C1CC1. The van der Waals surface area contributed by atoms with E-state index in [9.17, 15) is 4.79 Å². The molecule has 1 atom stereocenters. The molecule has 5 nitrogen and oxygen atoms in total. The molecule has 2 fully saturated rings. The van der Waals surface area contributed by atoms with Crippen molar-refractivity contribution in [2.75, 3.05) is 39.8 Å². The number of amides is 1. The van der Waals surface area contributed by atoms with E-state index in [2.05, 4.69) is 35.9 Å². The first-order valence-electron chi connectivity index (χ1n) is 7.76. The highest BCUT2D eigenvalue weighted by atomic mass is 16.1. The predicted molar refractivity (Wildman–Crippen MR) is 81.5 cm³/mol. The Morgan fingerprint density at radius 2 is 1.75 bits per heavy atom. The average Bonchev–Trinajstić information content (AvgIpc) is 3.19. The van der Waals surface area contributed by atoms with E-state index in [0.29, 0.717) is 5.92 Å². The highest BCUT2D eigenvalue weighted by molar-refractivity contribution is 5.86. The van der Waals surface area contributed by atoms with Gasteiger partial charge >= 0.3 is 0 Å². The van der Waals surface area contributed by atoms with Crippen molar-refractivity contribution in [3.05, 3.63) is 0 Å². The van der Waals surface area contributed by atoms with Crippen LogP contribution in [0.15, 0.2) is 0 Å². The topological polar surface area (TPSA) is 61.6 Å². The lowest BCUT2D eigenvalue weighted by Crippen LogP contribution is -2.64. The lowest BCUT2D eigenvalue weighted by Gasteiger charge is -2.44. The van der Waals surface area contributed by atoms with Crippen molar-refractivity contribution >= 4 is 5.91 Å². The van der Waals surface area contributed by atoms with Crippen LogP contribution in [0.25, 0.3) is 0 Å². The van der Waals surface area contributed by atoms with E-state index >= 15 is 0 Å². The van der Waals surface area contributed by atoms with E-state index in [-0.39, 0.29) is 11.4 Å². The van der Waals surface area contributed by atoms with Crippen molar-refractivity contribution in [3.8, 4) is 0 Å². The largest absolute Gasteiger partial charge is 0.368 e. The van der Waals surface area contributed by atoms with Crippen LogP contribution in [0.3, 0.4) is 0 Å². The van der Waals surface area contributed by atoms with E-state index < -0.39 is 5.54 Å². The summed E-state index contributed by atoms with van der Waals surface area (Å²) < 4.78 is 0. The van der Waals surface area contributed by atoms with Gasteiger partial charge in [-0.15, -0.1) is 0 Å². The Morgan fingerprint density at radius 3 is 2.10 bits per heavy atom. The number of primary amides is 1. The van der Waals surface area contributed by atoms with Gasteiger partial charge in [-0.2, -0.15) is 0 Å². The first kappa shape index (κ1) is 15.7. The summed E-state index contributed by atoms with van der Waals surface area (Å²) >= 11 is 0. The maximum absolute atomic E-state index is 12.0. The van der Waals surface area contributed by atoms with Crippen molar-refractivity contribution in [3.63, 3.8) is 0 Å². The second kappa shape index (κ2) is 5.62. The zero-order chi connectivity index (χ0) is 15.0. The Hall–Kier alpha value is -0.650. The Morgan fingerprint density at radius 1 is 1.20 bits per heavy atom. The van der Waals surface area contributed by atoms with Crippen LogP contribution < -0.4 is 11.1 Å². The van der Waals surface area contributed by atoms with Crippen LogP contribution in [0.5, 0.6) is 0 Å². The molecule has 0 aromatic carbocycles. The number of hydrogen-bond acceptors (Lipinski definition) is 4. The Bertz CT molecular complexity index is 353. The molecule has 1 aliphatic heterocycles. The summed E-state index contributed by atoms with van der Waals surface area (Å²) in [5, 5.41) is 3.24. The number of likely N-dealkylation sites (N-methyl/N-ethyl adjacent to an activating group) is 1. The Kier molecular flexibility index (Phi) is 4.42. The molecule has 1 saturated carbocycles. The first-order valence-corrected chi connectivity index (χ1v) is 7.76. The molecule has 2 rings (SSSR count). The van der Waals surface area contributed by atoms with Crippen LogP contribution in [0.2, 0.25) is 0 Å². The number of carbonyl (C=O) groups excluding carboxylic acids is 1. The van der Waals surface area contributed by atoms with E-state index in [1.165, 1.54) is 0 Å². The van der Waals surface area contributed by atoms with E-state index in [1.54, 1.807) is 0 Å². The molecule has 3 N–H and O–H groups in total. The molecular weight excluding hydrogens is 252 g/mol. The van der Waals surface area contributed by atoms with E-state index in [4.69, 9.17) is 5.73 Å². The molecular formula is C15H30N4O. The maximum atomic E-state index is 12.0. The van der Waals surface area contributed by atoms with Crippen molar-refractivity contribution in [1.29, 1.82) is 0 Å². The van der Waals surface area contributed by atoms with Gasteiger partial charge in [-0.1, -0.05) is 0 Å². The summed E-state index contributed by atoms with van der Waals surface area (Å²) in [7, 11) is 1.87. The fraction of sp³-hybridized carbons (Fsp3) is 0.933. The number of nitrogens with zero attached hydrogens (tertiary/aromatic N) is 2. The monoisotopic (exact) mass is 282 g/mol. The first-order chi connectivity index (χ1) is 9.29. The van der Waals surface area contributed by atoms with E-state index in [1.807, 2.05) is 7.05 Å². The molecule has 5 heteroatoms. The molecule has 1 heterocycles. The molecule has 116 valence electrons. The third kappa shape index (κ3) is 3.15. The molecule has 0 bridgehead atoms. The normalized spacial score (nSPS) is 25.4. The highest BCUT2D eigenvalue weighted by Crippen LogP contribution is 2.40. The highest BCUT2D eigenvalue weighted by Gasteiger charge is 2.49. The smallest absolute Gasteiger partial charge is 0.239 e. The molecule has 0 spiro atoms. The third-order valence-electron chi connectivity index (χ3n) is 4.95. The van der Waals surface area contributed by atoms with E-state index in [0.717, 1.165) is 45.6 Å². The Labute approximate surface area is 122 Å². The number of piperazine rings is 1. The molecule has 1 aliphatic carbocycles. The van der Waals surface area contributed by atoms with Gasteiger partial charge in [-0.25, -0.2) is 0 Å². The van der Waals surface area contributed by atoms with Gasteiger partial charge in [0, 0.05) is 38.3 Å². The molecule has 0 aromatic heterocycles. The Balaban J connectivity index is 1.95. The average molecular weight is 282 g/mol. The second-order valence-corrected chi connectivity index (χ2v) is 7.29. The molecule has 2 aliphatic rings. The summed E-state index contributed by atoms with van der Waals surface area (Å²) in [4.78, 5) is 16.9. The summed E-state index contributed by atoms with van der Waals surface area (Å²) in [6.07, 6.45) is 2.23. The van der Waals surface area contributed by atoms with Crippen molar-refractivity contribution in [2.24, 2.45) is 11.7 Å². The fourth-order valence-electron chi connectivity index (χ4n) is 3.32. The molecule has 1 saturated heterocycles. The lowest BCUT2D eigenvalue weighted by molar-refractivity contribution is -0.126. The van der Waals surface area contributed by atoms with Gasteiger partial charge in [0.25, 0.3) is 0 Å². The fourth-order valence-corrected chi connectivity index (χ4v) is 3.32. The maximum Gasteiger partial charge on any atom is 0.239 e. The minimum atomic E-state index is -0.524. The van der Waals surface area contributed by atoms with Gasteiger partial charge in [-0.05, 0) is 46.6 Å². The van der Waals surface area contributed by atoms with Crippen LogP contribution in [-0.2, 0) is 4.79 Å². The van der Waals surface area contributed by atoms with Crippen LogP contribution in [0.4, 0.5) is 0 Å². The van der Waals surface area contributed by atoms with Crippen LogP contribution in [0.1, 0.15) is 33.6 Å². The van der Waals surface area contributed by atoms with Gasteiger partial charge in [-0.3, -0.25) is 14.6 Å². The van der Waals surface area contributed by atoms with Gasteiger partial charge in [0.1, 0.15) is 5.54 Å². The molecule has 1 amide bonds. The summed E-state index contributed by atoms with van der Waals surface area (Å²) in [6.45, 7) is 11.7. The number of rotatable bonds is 5. The van der Waals surface area contributed by atoms with Crippen molar-refractivity contribution in [2.45, 2.75) is 44.7 Å². The minimum Gasteiger partial charge on any atom is -0.368 e. The minimum absolute atomic E-state index is 0.194. The number of hydrogen-bond donors (Lipinski definition) is 2. The van der Waals surface area contributed by atoms with Crippen LogP contribution >= 0.6 is 0 Å². The van der Waals surface area contributed by atoms with Gasteiger partial charge in [0.05, 0.1) is 0 Å². The molecule has 0 aromatic rings. The number of nitrogens with one attached hydrogen (secondary N) is 1. The number of nitrogens with two attached hydrogens (primary N) is 1. The molecule has 20 heavy (non-hydrogen) atoms. The second-order valence-electron chi connectivity index (χ2n) is 7.29. The summed E-state index contributed by atoms with van der Waals surface area (Å²) in [5.74, 6) is 0.228. The standard InChI is InChI=1S/C15H30N4O/c1-14(2,3)19-9-7-18(8-10-19)11-15(17-4,13(16)20)12-5-6-12/h12,17H,5-11H2,1-4H3,(H2,16,20). The van der Waals surface area contributed by atoms with Gasteiger partial charge in [0.15, 0.2) is 0 Å². The van der Waals surface area contributed by atoms with Crippen LogP contribution in [-0.4, -0.2) is 66.6 Å². The van der Waals surface area contributed by atoms with Gasteiger partial charge < -0.3 is 11.1 Å². The quantitative estimate of drug-likeness (QED) is 0.759. The zero-order valence-corrected chi connectivity index (χ0v) is 13.4. The molecule has 0 radical (unpaired) electrons. The predicted octanol–water partition coefficient (Wildman–Crippen LogP) is 0.256. The van der Waals surface area contributed by atoms with Crippen molar-refractivity contribution < 1.29 is 4.79 Å². The van der Waals surface area contributed by atoms with Gasteiger partial charge in [0.2, 0.25) is 5.91 Å². The molecule has 1 unspecified atom stereocenters. The third-order valence-corrected chi connectivity index (χ3v) is 4.95. The van der Waals surface area contributed by atoms with Crippen LogP contribution in [0, 0.1) is 5.92 Å².